The summed E-state index contributed by atoms with van der Waals surface area (Å²) in [7, 11) is -3.36. The van der Waals surface area contributed by atoms with Crippen LogP contribution in [0.25, 0.3) is 10.6 Å². The first kappa shape index (κ1) is 28.3. The van der Waals surface area contributed by atoms with E-state index in [-0.39, 0.29) is 17.3 Å². The van der Waals surface area contributed by atoms with Gasteiger partial charge in [-0.2, -0.15) is 13.2 Å². The Hall–Kier alpha value is -3.74. The molecule has 0 aliphatic heterocycles. The third-order valence-electron chi connectivity index (χ3n) is 5.89. The standard InChI is InChI=1S/C27H24F3N3O4S2/c1-2-39(36,37)22-13-7-17(8-14-22)23(15-34)32-25(35)18-3-5-19(6-4-18)26-33-24(16-38-26)31-21-11-9-20(10-12-21)27(28,29)30/h3-14,16,23,31,34H,2,15H2,1H3,(H,32,35)/t23-/m0/s1. The van der Waals surface area contributed by atoms with Crippen LogP contribution in [-0.2, 0) is 16.0 Å². The fourth-order valence-electron chi connectivity index (χ4n) is 3.67. The minimum absolute atomic E-state index is 0.0273. The number of hydrogen-bond acceptors (Lipinski definition) is 7. The Labute approximate surface area is 227 Å². The van der Waals surface area contributed by atoms with E-state index in [9.17, 15) is 31.5 Å². The number of carbonyl (C=O) groups excluding carboxylic acids is 1. The number of amides is 1. The number of aliphatic hydroxyl groups is 1. The van der Waals surface area contributed by atoms with Crippen molar-refractivity contribution in [3.05, 3.63) is 94.9 Å². The van der Waals surface area contributed by atoms with Crippen molar-refractivity contribution in [2.75, 3.05) is 17.7 Å². The molecule has 39 heavy (non-hydrogen) atoms. The second kappa shape index (κ2) is 11.6. The van der Waals surface area contributed by atoms with Gasteiger partial charge in [-0.3, -0.25) is 4.79 Å². The molecule has 0 aliphatic rings. The Morgan fingerprint density at radius 1 is 1.00 bits per heavy atom. The Balaban J connectivity index is 1.40. The molecule has 4 rings (SSSR count). The Bertz CT molecular complexity index is 1540. The fraction of sp³-hybridized carbons (Fsp3) is 0.185. The SMILES string of the molecule is CCS(=O)(=O)c1ccc([C@H](CO)NC(=O)c2ccc(-c3nc(Nc4ccc(C(F)(F)F)cc4)cs3)cc2)cc1. The van der Waals surface area contributed by atoms with Gasteiger partial charge in [0.15, 0.2) is 9.84 Å². The lowest BCUT2D eigenvalue weighted by Crippen LogP contribution is -2.30. The molecule has 1 atom stereocenters. The van der Waals surface area contributed by atoms with Crippen LogP contribution in [0.2, 0.25) is 0 Å². The predicted molar refractivity (Wildman–Crippen MR) is 144 cm³/mol. The monoisotopic (exact) mass is 575 g/mol. The van der Waals surface area contributed by atoms with Crippen LogP contribution in [0.5, 0.6) is 0 Å². The normalized spacial score (nSPS) is 12.6. The topological polar surface area (TPSA) is 108 Å². The van der Waals surface area contributed by atoms with Gasteiger partial charge in [0.05, 0.1) is 28.9 Å². The van der Waals surface area contributed by atoms with Gasteiger partial charge >= 0.3 is 6.18 Å². The van der Waals surface area contributed by atoms with Gasteiger partial charge in [-0.15, -0.1) is 11.3 Å². The van der Waals surface area contributed by atoms with Crippen molar-refractivity contribution >= 4 is 38.6 Å². The van der Waals surface area contributed by atoms with Crippen molar-refractivity contribution in [3.63, 3.8) is 0 Å². The molecule has 0 spiro atoms. The van der Waals surface area contributed by atoms with Gasteiger partial charge in [-0.05, 0) is 54.1 Å². The molecule has 0 saturated carbocycles. The number of aromatic nitrogens is 1. The summed E-state index contributed by atoms with van der Waals surface area (Å²) < 4.78 is 62.3. The van der Waals surface area contributed by atoms with Gasteiger partial charge in [-0.1, -0.05) is 31.2 Å². The summed E-state index contributed by atoms with van der Waals surface area (Å²) in [6, 6.07) is 16.6. The number of carbonyl (C=O) groups is 1. The van der Waals surface area contributed by atoms with E-state index in [2.05, 4.69) is 15.6 Å². The summed E-state index contributed by atoms with van der Waals surface area (Å²) in [6.07, 6.45) is -4.40. The van der Waals surface area contributed by atoms with Gasteiger partial charge in [0, 0.05) is 22.2 Å². The number of anilines is 2. The maximum Gasteiger partial charge on any atom is 0.416 e. The van der Waals surface area contributed by atoms with E-state index in [1.54, 1.807) is 48.7 Å². The number of rotatable bonds is 9. The lowest BCUT2D eigenvalue weighted by Gasteiger charge is -2.17. The van der Waals surface area contributed by atoms with Crippen LogP contribution in [0.3, 0.4) is 0 Å². The van der Waals surface area contributed by atoms with Crippen LogP contribution in [-0.4, -0.2) is 36.8 Å². The Kier molecular flexibility index (Phi) is 8.38. The molecular weight excluding hydrogens is 551 g/mol. The third-order valence-corrected chi connectivity index (χ3v) is 8.53. The quantitative estimate of drug-likeness (QED) is 0.232. The van der Waals surface area contributed by atoms with Crippen molar-refractivity contribution < 1.29 is 31.5 Å². The number of nitrogens with zero attached hydrogens (tertiary/aromatic N) is 1. The van der Waals surface area contributed by atoms with Gasteiger partial charge < -0.3 is 15.7 Å². The van der Waals surface area contributed by atoms with Crippen LogP contribution in [0, 0.1) is 0 Å². The second-order valence-electron chi connectivity index (χ2n) is 8.50. The number of aliphatic hydroxyl groups excluding tert-OH is 1. The molecule has 1 aromatic heterocycles. The molecule has 4 aromatic rings. The maximum absolute atomic E-state index is 12.8. The van der Waals surface area contributed by atoms with Crippen molar-refractivity contribution in [3.8, 4) is 10.6 Å². The summed E-state index contributed by atoms with van der Waals surface area (Å²) >= 11 is 1.33. The molecule has 12 heteroatoms. The highest BCUT2D eigenvalue weighted by Gasteiger charge is 2.30. The molecule has 7 nitrogen and oxygen atoms in total. The molecule has 0 saturated heterocycles. The summed E-state index contributed by atoms with van der Waals surface area (Å²) in [4.78, 5) is 17.4. The lowest BCUT2D eigenvalue weighted by molar-refractivity contribution is -0.137. The van der Waals surface area contributed by atoms with E-state index in [1.165, 1.54) is 35.6 Å². The van der Waals surface area contributed by atoms with E-state index < -0.39 is 33.5 Å². The second-order valence-corrected chi connectivity index (χ2v) is 11.6. The number of thiazole rings is 1. The van der Waals surface area contributed by atoms with Crippen LogP contribution in [0.1, 0.15) is 34.5 Å². The highest BCUT2D eigenvalue weighted by atomic mass is 32.2. The molecule has 204 valence electrons. The zero-order chi connectivity index (χ0) is 28.2. The average Bonchev–Trinajstić information content (AvgIpc) is 3.40. The molecule has 3 N–H and O–H groups in total. The molecule has 0 radical (unpaired) electrons. The molecule has 1 amide bonds. The van der Waals surface area contributed by atoms with Crippen molar-refractivity contribution in [2.45, 2.75) is 24.0 Å². The maximum atomic E-state index is 12.8. The number of hydrogen-bond donors (Lipinski definition) is 3. The third kappa shape index (κ3) is 6.83. The smallest absolute Gasteiger partial charge is 0.394 e. The number of halogens is 3. The molecular formula is C27H24F3N3O4S2. The summed E-state index contributed by atoms with van der Waals surface area (Å²) in [6.45, 7) is 1.18. The highest BCUT2D eigenvalue weighted by Crippen LogP contribution is 2.31. The molecule has 3 aromatic carbocycles. The lowest BCUT2D eigenvalue weighted by atomic mass is 10.1. The van der Waals surface area contributed by atoms with Crippen molar-refractivity contribution in [1.29, 1.82) is 0 Å². The van der Waals surface area contributed by atoms with Crippen molar-refractivity contribution in [1.82, 2.24) is 10.3 Å². The van der Waals surface area contributed by atoms with Gasteiger partial charge in [-0.25, -0.2) is 13.4 Å². The van der Waals surface area contributed by atoms with Crippen molar-refractivity contribution in [2.24, 2.45) is 0 Å². The molecule has 0 bridgehead atoms. The van der Waals surface area contributed by atoms with Crippen LogP contribution in [0.15, 0.2) is 83.1 Å². The predicted octanol–water partition coefficient (Wildman–Crippen LogP) is 5.83. The van der Waals surface area contributed by atoms with Gasteiger partial charge in [0.2, 0.25) is 0 Å². The fourth-order valence-corrected chi connectivity index (χ4v) is 5.31. The number of sulfone groups is 1. The molecule has 0 aliphatic carbocycles. The van der Waals surface area contributed by atoms with Crippen LogP contribution >= 0.6 is 11.3 Å². The van der Waals surface area contributed by atoms with Gasteiger partial charge in [0.1, 0.15) is 10.8 Å². The number of nitrogens with one attached hydrogen (secondary N) is 2. The zero-order valence-electron chi connectivity index (χ0n) is 20.6. The molecule has 0 unspecified atom stereocenters. The Morgan fingerprint density at radius 3 is 2.21 bits per heavy atom. The van der Waals surface area contributed by atoms with Crippen LogP contribution < -0.4 is 10.6 Å². The van der Waals surface area contributed by atoms with E-state index in [0.717, 1.165) is 17.7 Å². The first-order valence-electron chi connectivity index (χ1n) is 11.7. The summed E-state index contributed by atoms with van der Waals surface area (Å²) in [5.41, 5.74) is 1.38. The average molecular weight is 576 g/mol. The number of alkyl halides is 3. The van der Waals surface area contributed by atoms with E-state index in [0.29, 0.717) is 27.6 Å². The first-order chi connectivity index (χ1) is 18.5. The highest BCUT2D eigenvalue weighted by molar-refractivity contribution is 7.91. The molecule has 1 heterocycles. The minimum atomic E-state index is -4.40. The summed E-state index contributed by atoms with van der Waals surface area (Å²) in [5.74, 6) is 0.0234. The first-order valence-corrected chi connectivity index (χ1v) is 14.3. The van der Waals surface area contributed by atoms with E-state index in [1.807, 2.05) is 0 Å². The number of benzene rings is 3. The Morgan fingerprint density at radius 2 is 1.64 bits per heavy atom. The summed E-state index contributed by atoms with van der Waals surface area (Å²) in [5, 5.41) is 17.9. The molecule has 0 fully saturated rings. The van der Waals surface area contributed by atoms with Crippen LogP contribution in [0.4, 0.5) is 24.7 Å². The van der Waals surface area contributed by atoms with Gasteiger partial charge in [0.25, 0.3) is 5.91 Å². The largest absolute Gasteiger partial charge is 0.416 e. The zero-order valence-corrected chi connectivity index (χ0v) is 22.2. The van der Waals surface area contributed by atoms with E-state index >= 15 is 0 Å². The van der Waals surface area contributed by atoms with E-state index in [4.69, 9.17) is 0 Å². The minimum Gasteiger partial charge on any atom is -0.394 e.